The third-order valence-corrected chi connectivity index (χ3v) is 4.97. The van der Waals surface area contributed by atoms with E-state index in [-0.39, 0.29) is 0 Å². The van der Waals surface area contributed by atoms with Crippen molar-refractivity contribution in [1.82, 2.24) is 20.0 Å². The van der Waals surface area contributed by atoms with Crippen molar-refractivity contribution >= 4 is 0 Å². The lowest BCUT2D eigenvalue weighted by Crippen LogP contribution is -2.41. The number of nitrogens with one attached hydrogen (secondary N) is 1. The summed E-state index contributed by atoms with van der Waals surface area (Å²) in [5.74, 6) is 0. The Labute approximate surface area is 151 Å². The molecule has 2 bridgehead atoms. The fraction of sp³-hybridized carbons (Fsp3) is 0.550. The summed E-state index contributed by atoms with van der Waals surface area (Å²) in [6, 6.07) is 13.1. The summed E-state index contributed by atoms with van der Waals surface area (Å²) < 4.78 is 0. The molecule has 0 atom stereocenters. The molecule has 5 nitrogen and oxygen atoms in total. The second kappa shape index (κ2) is 9.45. The molecule has 1 fully saturated rings. The van der Waals surface area contributed by atoms with Crippen molar-refractivity contribution in [2.75, 3.05) is 52.4 Å². The number of nitriles is 1. The van der Waals surface area contributed by atoms with Gasteiger partial charge in [0.1, 0.15) is 11.8 Å². The van der Waals surface area contributed by atoms with Crippen LogP contribution < -0.4 is 5.32 Å². The maximum absolute atomic E-state index is 9.46. The fourth-order valence-corrected chi connectivity index (χ4v) is 3.56. The number of hydrogen-bond acceptors (Lipinski definition) is 5. The van der Waals surface area contributed by atoms with Crippen LogP contribution in [0.25, 0.3) is 0 Å². The highest BCUT2D eigenvalue weighted by molar-refractivity contribution is 5.21. The normalized spacial score (nSPS) is 20.7. The minimum atomic E-state index is 0.825. The molecule has 1 saturated heterocycles. The number of allylic oxidation sites excluding steroid dienone is 1. The van der Waals surface area contributed by atoms with Crippen LogP contribution in [0.5, 0.6) is 0 Å². The lowest BCUT2D eigenvalue weighted by atomic mass is 10.2. The summed E-state index contributed by atoms with van der Waals surface area (Å²) in [6.07, 6.45) is 4.26. The molecular weight excluding hydrogens is 310 g/mol. The maximum Gasteiger partial charge on any atom is 0.132 e. The summed E-state index contributed by atoms with van der Waals surface area (Å²) in [4.78, 5) is 7.07. The Morgan fingerprint density at radius 2 is 1.80 bits per heavy atom. The monoisotopic (exact) mass is 339 g/mol. The van der Waals surface area contributed by atoms with Gasteiger partial charge in [0.2, 0.25) is 0 Å². The van der Waals surface area contributed by atoms with Crippen molar-refractivity contribution < 1.29 is 0 Å². The van der Waals surface area contributed by atoms with Crippen LogP contribution >= 0.6 is 0 Å². The zero-order valence-corrected chi connectivity index (χ0v) is 15.0. The first-order chi connectivity index (χ1) is 12.3. The van der Waals surface area contributed by atoms with Crippen LogP contribution in [0.2, 0.25) is 0 Å². The van der Waals surface area contributed by atoms with Gasteiger partial charge in [0, 0.05) is 58.6 Å². The van der Waals surface area contributed by atoms with Crippen LogP contribution in [0, 0.1) is 11.3 Å². The van der Waals surface area contributed by atoms with Crippen LogP contribution in [0.4, 0.5) is 0 Å². The van der Waals surface area contributed by atoms with E-state index < -0.39 is 0 Å². The number of nitrogens with zero attached hydrogens (tertiary/aromatic N) is 4. The van der Waals surface area contributed by atoms with Gasteiger partial charge in [0.25, 0.3) is 0 Å². The molecule has 0 amide bonds. The van der Waals surface area contributed by atoms with E-state index in [4.69, 9.17) is 0 Å². The van der Waals surface area contributed by atoms with Crippen LogP contribution in [0.15, 0.2) is 42.2 Å². The van der Waals surface area contributed by atoms with Gasteiger partial charge < -0.3 is 15.1 Å². The highest BCUT2D eigenvalue weighted by Crippen LogP contribution is 2.13. The molecule has 0 aliphatic carbocycles. The van der Waals surface area contributed by atoms with Gasteiger partial charge in [-0.05, 0) is 24.9 Å². The maximum atomic E-state index is 9.46. The quantitative estimate of drug-likeness (QED) is 0.891. The topological polar surface area (TPSA) is 45.5 Å². The predicted molar refractivity (Wildman–Crippen MR) is 101 cm³/mol. The van der Waals surface area contributed by atoms with Gasteiger partial charge in [0.15, 0.2) is 0 Å². The van der Waals surface area contributed by atoms with Crippen molar-refractivity contribution in [3.63, 3.8) is 0 Å². The number of benzene rings is 1. The molecular formula is C20H29N5. The standard InChI is InChI=1S/C20H29N5/c21-16-20-18-24-10-4-8-22-9-13-23(11-5-12-25(20)15-14-24)17-19-6-2-1-3-7-19/h1-3,6-7,18,22H,4-5,8-15,17H2. The highest BCUT2D eigenvalue weighted by Gasteiger charge is 2.18. The number of rotatable bonds is 2. The minimum Gasteiger partial charge on any atom is -0.373 e. The minimum absolute atomic E-state index is 0.825. The Kier molecular flexibility index (Phi) is 6.72. The van der Waals surface area contributed by atoms with Crippen LogP contribution in [0.3, 0.4) is 0 Å². The first kappa shape index (κ1) is 17.8. The van der Waals surface area contributed by atoms with Gasteiger partial charge in [-0.2, -0.15) is 5.26 Å². The molecule has 134 valence electrons. The van der Waals surface area contributed by atoms with Crippen LogP contribution in [-0.4, -0.2) is 67.1 Å². The zero-order valence-electron chi connectivity index (χ0n) is 15.0. The van der Waals surface area contributed by atoms with E-state index in [9.17, 15) is 5.26 Å². The Balaban J connectivity index is 1.62. The molecule has 0 aromatic heterocycles. The van der Waals surface area contributed by atoms with Gasteiger partial charge >= 0.3 is 0 Å². The smallest absolute Gasteiger partial charge is 0.132 e. The Bertz CT molecular complexity index is 592. The largest absolute Gasteiger partial charge is 0.373 e. The van der Waals surface area contributed by atoms with Crippen molar-refractivity contribution in [1.29, 1.82) is 5.26 Å². The molecule has 1 aromatic carbocycles. The van der Waals surface area contributed by atoms with Gasteiger partial charge in [-0.3, -0.25) is 4.90 Å². The van der Waals surface area contributed by atoms with Gasteiger partial charge in [-0.15, -0.1) is 0 Å². The molecule has 0 unspecified atom stereocenters. The van der Waals surface area contributed by atoms with Crippen molar-refractivity contribution in [2.24, 2.45) is 0 Å². The van der Waals surface area contributed by atoms with Crippen LogP contribution in [-0.2, 0) is 6.54 Å². The van der Waals surface area contributed by atoms with Crippen LogP contribution in [0.1, 0.15) is 18.4 Å². The summed E-state index contributed by atoms with van der Waals surface area (Å²) >= 11 is 0. The molecule has 3 heterocycles. The van der Waals surface area contributed by atoms with E-state index in [0.717, 1.165) is 77.4 Å². The SMILES string of the molecule is N#CC1=CN2CCCNCCN(Cc3ccccc3)CCCN1CC2. The lowest BCUT2D eigenvalue weighted by Gasteiger charge is -2.34. The number of fused-ring (bicyclic) bond motifs is 10. The van der Waals surface area contributed by atoms with Gasteiger partial charge in [0.05, 0.1) is 0 Å². The van der Waals surface area contributed by atoms with Crippen molar-refractivity contribution in [3.05, 3.63) is 47.8 Å². The zero-order chi connectivity index (χ0) is 17.3. The van der Waals surface area contributed by atoms with Crippen molar-refractivity contribution in [3.8, 4) is 6.07 Å². The lowest BCUT2D eigenvalue weighted by molar-refractivity contribution is 0.212. The average Bonchev–Trinajstić information content (AvgIpc) is 2.65. The molecule has 4 rings (SSSR count). The fourth-order valence-electron chi connectivity index (χ4n) is 3.56. The molecule has 3 aliphatic rings. The van der Waals surface area contributed by atoms with E-state index in [2.05, 4.69) is 62.6 Å². The molecule has 5 heteroatoms. The Morgan fingerprint density at radius 1 is 0.920 bits per heavy atom. The first-order valence-electron chi connectivity index (χ1n) is 9.43. The first-order valence-corrected chi connectivity index (χ1v) is 9.43. The van der Waals surface area contributed by atoms with Gasteiger partial charge in [-0.25, -0.2) is 0 Å². The Hall–Kier alpha value is -2.03. The summed E-state index contributed by atoms with van der Waals surface area (Å²) in [7, 11) is 0. The highest BCUT2D eigenvalue weighted by atomic mass is 15.2. The third kappa shape index (κ3) is 5.48. The summed E-state index contributed by atoms with van der Waals surface area (Å²) in [5.41, 5.74) is 2.20. The van der Waals surface area contributed by atoms with E-state index in [1.807, 2.05) is 0 Å². The molecule has 1 N–H and O–H groups in total. The van der Waals surface area contributed by atoms with E-state index in [0.29, 0.717) is 0 Å². The molecule has 0 radical (unpaired) electrons. The Morgan fingerprint density at radius 3 is 2.64 bits per heavy atom. The van der Waals surface area contributed by atoms with E-state index in [1.54, 1.807) is 0 Å². The van der Waals surface area contributed by atoms with E-state index >= 15 is 0 Å². The van der Waals surface area contributed by atoms with Crippen molar-refractivity contribution in [2.45, 2.75) is 19.4 Å². The second-order valence-electron chi connectivity index (χ2n) is 6.87. The average molecular weight is 339 g/mol. The summed E-state index contributed by atoms with van der Waals surface area (Å²) in [6.45, 7) is 9.19. The van der Waals surface area contributed by atoms with E-state index in [1.165, 1.54) is 5.56 Å². The van der Waals surface area contributed by atoms with Gasteiger partial charge in [-0.1, -0.05) is 30.3 Å². The third-order valence-electron chi connectivity index (χ3n) is 4.97. The molecule has 0 saturated carbocycles. The molecule has 3 aliphatic heterocycles. The molecule has 1 aromatic rings. The molecule has 25 heavy (non-hydrogen) atoms. The predicted octanol–water partition coefficient (Wildman–Crippen LogP) is 1.85. The molecule has 0 spiro atoms. The second-order valence-corrected chi connectivity index (χ2v) is 6.87. The number of hydrogen-bond donors (Lipinski definition) is 1. The summed E-state index contributed by atoms with van der Waals surface area (Å²) in [5, 5.41) is 13.0.